The molecule has 0 radical (unpaired) electrons. The summed E-state index contributed by atoms with van der Waals surface area (Å²) < 4.78 is 10.8. The highest BCUT2D eigenvalue weighted by molar-refractivity contribution is 6.37. The largest absolute Gasteiger partial charge is 0.494 e. The van der Waals surface area contributed by atoms with Gasteiger partial charge < -0.3 is 14.5 Å². The molecular weight excluding hydrogens is 377 g/mol. The first-order valence-electron chi connectivity index (χ1n) is 7.78. The maximum Gasteiger partial charge on any atom is 0.256 e. The molecule has 8 heteroatoms. The molecule has 1 amide bonds. The van der Waals surface area contributed by atoms with Gasteiger partial charge in [0.25, 0.3) is 5.91 Å². The summed E-state index contributed by atoms with van der Waals surface area (Å²) in [5.74, 6) is 0.706. The van der Waals surface area contributed by atoms with Crippen molar-refractivity contribution < 1.29 is 13.9 Å². The number of halogens is 2. The average Bonchev–Trinajstić information content (AvgIpc) is 3.13. The van der Waals surface area contributed by atoms with E-state index >= 15 is 0 Å². The van der Waals surface area contributed by atoms with E-state index in [2.05, 4.69) is 15.5 Å². The first kappa shape index (κ1) is 18.2. The Balaban J connectivity index is 1.63. The van der Waals surface area contributed by atoms with Gasteiger partial charge in [0.1, 0.15) is 5.56 Å². The van der Waals surface area contributed by atoms with Crippen LogP contribution < -0.4 is 10.1 Å². The van der Waals surface area contributed by atoms with Gasteiger partial charge in [0.15, 0.2) is 5.75 Å². The molecule has 1 aromatic heterocycles. The number of carbonyl (C=O) groups excluding carboxylic acids is 1. The summed E-state index contributed by atoms with van der Waals surface area (Å²) in [4.78, 5) is 12.4. The minimum atomic E-state index is -0.392. The third-order valence-electron chi connectivity index (χ3n) is 3.60. The van der Waals surface area contributed by atoms with Crippen molar-refractivity contribution in [2.45, 2.75) is 6.42 Å². The highest BCUT2D eigenvalue weighted by Crippen LogP contribution is 2.33. The molecule has 0 spiro atoms. The number of ether oxygens (including phenoxy) is 1. The van der Waals surface area contributed by atoms with Crippen LogP contribution in [-0.4, -0.2) is 29.8 Å². The van der Waals surface area contributed by atoms with Crippen LogP contribution in [0.1, 0.15) is 16.2 Å². The van der Waals surface area contributed by atoms with Crippen molar-refractivity contribution in [2.75, 3.05) is 13.7 Å². The molecular formula is C18H15Cl2N3O3. The zero-order chi connectivity index (χ0) is 18.5. The van der Waals surface area contributed by atoms with Gasteiger partial charge in [-0.3, -0.25) is 4.79 Å². The van der Waals surface area contributed by atoms with Crippen LogP contribution >= 0.6 is 23.2 Å². The lowest BCUT2D eigenvalue weighted by atomic mass is 10.2. The normalized spacial score (nSPS) is 10.6. The molecule has 0 fully saturated rings. The molecule has 26 heavy (non-hydrogen) atoms. The fourth-order valence-corrected chi connectivity index (χ4v) is 2.84. The van der Waals surface area contributed by atoms with Crippen LogP contribution in [-0.2, 0) is 6.42 Å². The van der Waals surface area contributed by atoms with Gasteiger partial charge in [0.05, 0.1) is 17.2 Å². The van der Waals surface area contributed by atoms with E-state index in [9.17, 15) is 4.79 Å². The summed E-state index contributed by atoms with van der Waals surface area (Å²) in [6.07, 6.45) is 0.381. The molecule has 3 aromatic rings. The highest BCUT2D eigenvalue weighted by Gasteiger charge is 2.19. The van der Waals surface area contributed by atoms with Gasteiger partial charge in [-0.05, 0) is 24.3 Å². The summed E-state index contributed by atoms with van der Waals surface area (Å²) in [5, 5.41) is 11.3. The number of benzene rings is 2. The number of amides is 1. The molecule has 0 aliphatic rings. The molecule has 0 aliphatic heterocycles. The van der Waals surface area contributed by atoms with Gasteiger partial charge in [-0.25, -0.2) is 0 Å². The number of hydrogen-bond acceptors (Lipinski definition) is 5. The number of methoxy groups -OCH3 is 1. The number of aromatic nitrogens is 2. The Kier molecular flexibility index (Phi) is 5.75. The highest BCUT2D eigenvalue weighted by atomic mass is 35.5. The molecule has 1 N–H and O–H groups in total. The van der Waals surface area contributed by atoms with Gasteiger partial charge in [-0.15, -0.1) is 10.2 Å². The smallest absolute Gasteiger partial charge is 0.256 e. The number of nitrogens with one attached hydrogen (secondary N) is 1. The molecule has 1 heterocycles. The minimum absolute atomic E-state index is 0.192. The van der Waals surface area contributed by atoms with Crippen molar-refractivity contribution in [1.29, 1.82) is 0 Å². The van der Waals surface area contributed by atoms with Crippen LogP contribution in [0.4, 0.5) is 0 Å². The van der Waals surface area contributed by atoms with E-state index in [-0.39, 0.29) is 16.3 Å². The maximum atomic E-state index is 12.4. The SMILES string of the molecule is COc1c(Cl)ccc(Cl)c1C(=O)NCCc1nnc(-c2ccccc2)o1. The lowest BCUT2D eigenvalue weighted by Gasteiger charge is -2.11. The first-order chi connectivity index (χ1) is 12.6. The van der Waals surface area contributed by atoms with Crippen molar-refractivity contribution in [3.63, 3.8) is 0 Å². The van der Waals surface area contributed by atoms with Gasteiger partial charge in [-0.2, -0.15) is 0 Å². The van der Waals surface area contributed by atoms with E-state index in [1.807, 2.05) is 30.3 Å². The first-order valence-corrected chi connectivity index (χ1v) is 8.53. The molecule has 0 saturated carbocycles. The maximum absolute atomic E-state index is 12.4. The molecule has 0 saturated heterocycles. The number of nitrogens with zero attached hydrogens (tertiary/aromatic N) is 2. The second-order valence-corrected chi connectivity index (χ2v) is 6.12. The van der Waals surface area contributed by atoms with Crippen LogP contribution in [0.25, 0.3) is 11.5 Å². The lowest BCUT2D eigenvalue weighted by molar-refractivity contribution is 0.0950. The number of rotatable bonds is 6. The Labute approximate surface area is 160 Å². The molecule has 2 aromatic carbocycles. The zero-order valence-corrected chi connectivity index (χ0v) is 15.3. The van der Waals surface area contributed by atoms with Gasteiger partial charge in [0.2, 0.25) is 11.8 Å². The Hall–Kier alpha value is -2.57. The second-order valence-electron chi connectivity index (χ2n) is 5.31. The van der Waals surface area contributed by atoms with Gasteiger partial charge in [0, 0.05) is 18.5 Å². The fraction of sp³-hybridized carbons (Fsp3) is 0.167. The summed E-state index contributed by atoms with van der Waals surface area (Å²) in [7, 11) is 1.43. The zero-order valence-electron chi connectivity index (χ0n) is 13.8. The molecule has 3 rings (SSSR count). The second kappa shape index (κ2) is 8.21. The van der Waals surface area contributed by atoms with Crippen LogP contribution in [0, 0.1) is 0 Å². The predicted molar refractivity (Wildman–Crippen MR) is 98.8 cm³/mol. The standard InChI is InChI=1S/C18H15Cl2N3O3/c1-25-16-13(20)8-7-12(19)15(16)17(24)21-10-9-14-22-23-18(26-14)11-5-3-2-4-6-11/h2-8H,9-10H2,1H3,(H,21,24). The monoisotopic (exact) mass is 391 g/mol. The van der Waals surface area contributed by atoms with Crippen molar-refractivity contribution >= 4 is 29.1 Å². The molecule has 0 unspecified atom stereocenters. The molecule has 0 aliphatic carbocycles. The van der Waals surface area contributed by atoms with E-state index in [1.165, 1.54) is 7.11 Å². The third kappa shape index (κ3) is 3.98. The number of carbonyl (C=O) groups is 1. The van der Waals surface area contributed by atoms with Crippen molar-refractivity contribution in [3.05, 3.63) is 64.0 Å². The Morgan fingerprint density at radius 2 is 1.85 bits per heavy atom. The van der Waals surface area contributed by atoms with Crippen LogP contribution in [0.2, 0.25) is 10.0 Å². The third-order valence-corrected chi connectivity index (χ3v) is 4.21. The summed E-state index contributed by atoms with van der Waals surface area (Å²) in [6.45, 7) is 0.293. The van der Waals surface area contributed by atoms with Crippen molar-refractivity contribution in [1.82, 2.24) is 15.5 Å². The predicted octanol–water partition coefficient (Wildman–Crippen LogP) is 4.02. The van der Waals surface area contributed by atoms with E-state index in [0.29, 0.717) is 29.8 Å². The molecule has 134 valence electrons. The van der Waals surface area contributed by atoms with Crippen molar-refractivity contribution in [2.24, 2.45) is 0 Å². The molecule has 6 nitrogen and oxygen atoms in total. The van der Waals surface area contributed by atoms with Gasteiger partial charge >= 0.3 is 0 Å². The molecule has 0 atom stereocenters. The van der Waals surface area contributed by atoms with Crippen LogP contribution in [0.15, 0.2) is 46.9 Å². The summed E-state index contributed by atoms with van der Waals surface area (Å²) >= 11 is 12.1. The Morgan fingerprint density at radius 1 is 1.12 bits per heavy atom. The van der Waals surface area contributed by atoms with Crippen LogP contribution in [0.5, 0.6) is 5.75 Å². The van der Waals surface area contributed by atoms with E-state index in [0.717, 1.165) is 5.56 Å². The Morgan fingerprint density at radius 3 is 2.58 bits per heavy atom. The fourth-order valence-electron chi connectivity index (χ4n) is 2.37. The summed E-state index contributed by atoms with van der Waals surface area (Å²) in [6, 6.07) is 12.6. The van der Waals surface area contributed by atoms with Crippen LogP contribution in [0.3, 0.4) is 0 Å². The summed E-state index contributed by atoms with van der Waals surface area (Å²) in [5.41, 5.74) is 1.03. The van der Waals surface area contributed by atoms with Crippen molar-refractivity contribution in [3.8, 4) is 17.2 Å². The lowest BCUT2D eigenvalue weighted by Crippen LogP contribution is -2.26. The Bertz CT molecular complexity index is 913. The molecule has 0 bridgehead atoms. The average molecular weight is 392 g/mol. The van der Waals surface area contributed by atoms with E-state index in [4.69, 9.17) is 32.4 Å². The topological polar surface area (TPSA) is 77.2 Å². The van der Waals surface area contributed by atoms with E-state index in [1.54, 1.807) is 12.1 Å². The quantitative estimate of drug-likeness (QED) is 0.686. The minimum Gasteiger partial charge on any atom is -0.494 e. The van der Waals surface area contributed by atoms with Gasteiger partial charge in [-0.1, -0.05) is 41.4 Å². The number of hydrogen-bond donors (Lipinski definition) is 1. The van der Waals surface area contributed by atoms with E-state index < -0.39 is 5.91 Å².